The number of aliphatic imine (C=N–C) groups is 1. The highest BCUT2D eigenvalue weighted by Crippen LogP contribution is 2.42. The monoisotopic (exact) mass is 434 g/mol. The number of nitro benzene ring substituents is 1. The number of benzene rings is 1. The number of rotatable bonds is 10. The van der Waals surface area contributed by atoms with Crippen molar-refractivity contribution in [1.82, 2.24) is 0 Å². The number of nitrogens with zero attached hydrogens (tertiary/aromatic N) is 2. The van der Waals surface area contributed by atoms with Gasteiger partial charge >= 0.3 is 11.9 Å². The van der Waals surface area contributed by atoms with Crippen molar-refractivity contribution in [1.29, 1.82) is 0 Å². The van der Waals surface area contributed by atoms with Crippen molar-refractivity contribution in [3.8, 4) is 0 Å². The first kappa shape index (κ1) is 24.2. The van der Waals surface area contributed by atoms with Gasteiger partial charge in [-0.1, -0.05) is 12.1 Å². The summed E-state index contributed by atoms with van der Waals surface area (Å²) in [5.74, 6) is -4.30. The molecule has 0 bridgehead atoms. The summed E-state index contributed by atoms with van der Waals surface area (Å²) in [6.07, 6.45) is -1.03. The lowest BCUT2D eigenvalue weighted by molar-refractivity contribution is -0.384. The van der Waals surface area contributed by atoms with Gasteiger partial charge in [0.25, 0.3) is 5.69 Å². The Balaban J connectivity index is 2.82. The van der Waals surface area contributed by atoms with Gasteiger partial charge in [-0.25, -0.2) is 4.79 Å². The van der Waals surface area contributed by atoms with Crippen molar-refractivity contribution in [3.63, 3.8) is 0 Å². The number of aliphatic carboxylic acids is 1. The summed E-state index contributed by atoms with van der Waals surface area (Å²) in [4.78, 5) is 40.3. The van der Waals surface area contributed by atoms with Crippen LogP contribution in [0.25, 0.3) is 0 Å². The number of hydrogen-bond donors (Lipinski definition) is 1. The minimum Gasteiger partial charge on any atom is -0.481 e. The molecule has 2 unspecified atom stereocenters. The second kappa shape index (κ2) is 10.8. The van der Waals surface area contributed by atoms with Crippen LogP contribution in [0.15, 0.2) is 40.5 Å². The number of carboxylic acids is 1. The number of esters is 1. The van der Waals surface area contributed by atoms with Gasteiger partial charge in [-0.05, 0) is 33.3 Å². The van der Waals surface area contributed by atoms with Gasteiger partial charge in [0.2, 0.25) is 6.29 Å². The summed E-state index contributed by atoms with van der Waals surface area (Å²) in [5.41, 5.74) is 0.332. The van der Waals surface area contributed by atoms with Crippen molar-refractivity contribution in [2.24, 2.45) is 10.9 Å². The Morgan fingerprint density at radius 1 is 1.19 bits per heavy atom. The van der Waals surface area contributed by atoms with E-state index in [1.165, 1.54) is 25.1 Å². The smallest absolute Gasteiger partial charge is 0.336 e. The van der Waals surface area contributed by atoms with Gasteiger partial charge in [0.1, 0.15) is 11.6 Å². The molecule has 168 valence electrons. The fraction of sp³-hybridized carbons (Fsp3) is 0.476. The maximum atomic E-state index is 13.0. The van der Waals surface area contributed by atoms with E-state index in [-0.39, 0.29) is 48.1 Å². The largest absolute Gasteiger partial charge is 0.481 e. The third-order valence-electron chi connectivity index (χ3n) is 4.73. The zero-order valence-electron chi connectivity index (χ0n) is 17.9. The highest BCUT2D eigenvalue weighted by Gasteiger charge is 2.44. The first-order valence-electron chi connectivity index (χ1n) is 9.93. The van der Waals surface area contributed by atoms with Crippen LogP contribution in [0.2, 0.25) is 0 Å². The van der Waals surface area contributed by atoms with E-state index in [2.05, 4.69) is 4.99 Å². The first-order chi connectivity index (χ1) is 14.8. The Morgan fingerprint density at radius 3 is 2.35 bits per heavy atom. The molecule has 0 amide bonds. The lowest BCUT2D eigenvalue weighted by Crippen LogP contribution is -2.38. The van der Waals surface area contributed by atoms with Crippen molar-refractivity contribution in [2.75, 3.05) is 19.8 Å². The molecule has 2 rings (SSSR count). The predicted octanol–water partition coefficient (Wildman–Crippen LogP) is 3.07. The number of carboxylic acid groups (broad SMARTS) is 1. The van der Waals surface area contributed by atoms with Crippen LogP contribution < -0.4 is 0 Å². The average Bonchev–Trinajstić information content (AvgIpc) is 2.72. The van der Waals surface area contributed by atoms with Crippen LogP contribution in [0, 0.1) is 16.0 Å². The number of hydrogen-bond acceptors (Lipinski definition) is 8. The molecule has 1 heterocycles. The zero-order valence-corrected chi connectivity index (χ0v) is 17.9. The Bertz CT molecular complexity index is 902. The van der Waals surface area contributed by atoms with E-state index in [0.29, 0.717) is 0 Å². The Labute approximate surface area is 179 Å². The van der Waals surface area contributed by atoms with Crippen molar-refractivity contribution in [2.45, 2.75) is 39.9 Å². The molecule has 0 radical (unpaired) electrons. The Hall–Kier alpha value is -3.11. The molecule has 0 fully saturated rings. The van der Waals surface area contributed by atoms with E-state index in [9.17, 15) is 24.8 Å². The van der Waals surface area contributed by atoms with E-state index in [1.807, 2.05) is 0 Å². The van der Waals surface area contributed by atoms with Gasteiger partial charge in [0.05, 0.1) is 17.1 Å². The summed E-state index contributed by atoms with van der Waals surface area (Å²) in [6, 6.07) is 5.53. The molecular formula is C21H26N2O8. The number of ether oxygens (including phenoxy) is 3. The first-order valence-corrected chi connectivity index (χ1v) is 9.93. The standard InChI is InChI=1S/C21H26N2O8/c1-5-29-20(26)17-16(13-9-8-10-14(11-13)23(27)28)15(19(24)25)12(4)22-18(17)21(30-6-2)31-7-3/h8-11,15-16,21H,5-7H2,1-4H3,(H,24,25). The van der Waals surface area contributed by atoms with Crippen LogP contribution in [-0.2, 0) is 23.8 Å². The molecule has 1 aliphatic rings. The minimum atomic E-state index is -1.23. The second-order valence-corrected chi connectivity index (χ2v) is 6.66. The highest BCUT2D eigenvalue weighted by molar-refractivity contribution is 6.06. The van der Waals surface area contributed by atoms with Gasteiger partial charge in [-0.15, -0.1) is 0 Å². The van der Waals surface area contributed by atoms with E-state index < -0.39 is 35.0 Å². The molecule has 0 aromatic heterocycles. The van der Waals surface area contributed by atoms with E-state index in [0.717, 1.165) is 0 Å². The van der Waals surface area contributed by atoms with Gasteiger partial charge in [-0.3, -0.25) is 19.9 Å². The summed E-state index contributed by atoms with van der Waals surface area (Å²) in [5, 5.41) is 21.2. The van der Waals surface area contributed by atoms with Crippen LogP contribution in [0.4, 0.5) is 5.69 Å². The molecular weight excluding hydrogens is 408 g/mol. The number of nitro groups is 1. The SMILES string of the molecule is CCOC(=O)C1=C(C(OCC)OCC)N=C(C)C(C(=O)O)C1c1cccc([N+](=O)[O-])c1. The fourth-order valence-electron chi connectivity index (χ4n) is 3.53. The van der Waals surface area contributed by atoms with Crippen LogP contribution >= 0.6 is 0 Å². The molecule has 10 heteroatoms. The topological polar surface area (TPSA) is 138 Å². The fourth-order valence-corrected chi connectivity index (χ4v) is 3.53. The van der Waals surface area contributed by atoms with Gasteiger partial charge < -0.3 is 19.3 Å². The molecule has 0 aliphatic carbocycles. The minimum absolute atomic E-state index is 0.0473. The normalized spacial score (nSPS) is 18.7. The average molecular weight is 434 g/mol. The molecule has 10 nitrogen and oxygen atoms in total. The summed E-state index contributed by atoms with van der Waals surface area (Å²) >= 11 is 0. The predicted molar refractivity (Wildman–Crippen MR) is 111 cm³/mol. The van der Waals surface area contributed by atoms with Crippen molar-refractivity contribution < 1.29 is 33.8 Å². The molecule has 31 heavy (non-hydrogen) atoms. The van der Waals surface area contributed by atoms with Crippen LogP contribution in [-0.4, -0.2) is 53.8 Å². The van der Waals surface area contributed by atoms with Crippen molar-refractivity contribution in [3.05, 3.63) is 51.2 Å². The zero-order chi connectivity index (χ0) is 23.1. The van der Waals surface area contributed by atoms with E-state index >= 15 is 0 Å². The molecule has 1 aliphatic heterocycles. The second-order valence-electron chi connectivity index (χ2n) is 6.66. The molecule has 0 saturated carbocycles. The van der Waals surface area contributed by atoms with Crippen LogP contribution in [0.5, 0.6) is 0 Å². The third-order valence-corrected chi connectivity index (χ3v) is 4.73. The van der Waals surface area contributed by atoms with Crippen molar-refractivity contribution >= 4 is 23.3 Å². The number of non-ortho nitro benzene ring substituents is 1. The molecule has 0 saturated heterocycles. The molecule has 2 atom stereocenters. The lowest BCUT2D eigenvalue weighted by Gasteiger charge is -2.33. The third kappa shape index (κ3) is 5.33. The van der Waals surface area contributed by atoms with E-state index in [1.54, 1.807) is 26.8 Å². The van der Waals surface area contributed by atoms with Crippen LogP contribution in [0.1, 0.15) is 39.2 Å². The maximum Gasteiger partial charge on any atom is 0.336 e. The molecule has 1 aromatic carbocycles. The summed E-state index contributed by atoms with van der Waals surface area (Å²) in [6.45, 7) is 7.19. The molecule has 1 N–H and O–H groups in total. The Kier molecular flexibility index (Phi) is 8.40. The molecule has 1 aromatic rings. The lowest BCUT2D eigenvalue weighted by atomic mass is 9.75. The van der Waals surface area contributed by atoms with Gasteiger partial charge in [-0.2, -0.15) is 0 Å². The summed E-state index contributed by atoms with van der Waals surface area (Å²) < 4.78 is 16.4. The van der Waals surface area contributed by atoms with Gasteiger partial charge in [0, 0.05) is 37.0 Å². The number of carbonyl (C=O) groups is 2. The maximum absolute atomic E-state index is 13.0. The number of carbonyl (C=O) groups excluding carboxylic acids is 1. The quantitative estimate of drug-likeness (QED) is 0.257. The van der Waals surface area contributed by atoms with E-state index in [4.69, 9.17) is 14.2 Å². The Morgan fingerprint density at radius 2 is 1.84 bits per heavy atom. The highest BCUT2D eigenvalue weighted by atomic mass is 16.7. The van der Waals surface area contributed by atoms with Crippen LogP contribution in [0.3, 0.4) is 0 Å². The van der Waals surface area contributed by atoms with Gasteiger partial charge in [0.15, 0.2) is 0 Å². The summed E-state index contributed by atoms with van der Waals surface area (Å²) in [7, 11) is 0. The molecule has 0 spiro atoms.